The predicted molar refractivity (Wildman–Crippen MR) is 100 cm³/mol. The molecule has 1 N–H and O–H groups in total. The van der Waals surface area contributed by atoms with E-state index in [0.29, 0.717) is 17.0 Å². The van der Waals surface area contributed by atoms with Crippen LogP contribution in [0.2, 0.25) is 0 Å². The average molecular weight is 392 g/mol. The minimum atomic E-state index is -4.39. The van der Waals surface area contributed by atoms with Crippen molar-refractivity contribution in [2.75, 3.05) is 25.6 Å². The van der Waals surface area contributed by atoms with Gasteiger partial charge in [0.2, 0.25) is 5.82 Å². The van der Waals surface area contributed by atoms with Crippen molar-refractivity contribution >= 4 is 0 Å². The molecule has 1 aliphatic heterocycles. The van der Waals surface area contributed by atoms with E-state index >= 15 is 0 Å². The molecule has 2 aromatic rings. The Labute approximate surface area is 161 Å². The highest BCUT2D eigenvalue weighted by Gasteiger charge is 2.31. The minimum Gasteiger partial charge on any atom is -0.304 e. The Kier molecular flexibility index (Phi) is 6.13. The van der Waals surface area contributed by atoms with Crippen molar-refractivity contribution in [3.8, 4) is 11.4 Å². The van der Waals surface area contributed by atoms with Gasteiger partial charge in [-0.3, -0.25) is 0 Å². The number of likely N-dealkylation sites (N-methyl/N-ethyl adjacent to an activating group) is 1. The standard InChI is InChI=1S/C19H23F3N6/c1-14-12-15(19(20,21)22)7-8-17(14)18-25-23-9-3-4-10-24-28(18)26-16-6-5-11-27(2)13-16/h3-4,7-10,12,16,26H,5-6,11,13H2,1-2H3. The Hall–Kier alpha value is -2.68. The van der Waals surface area contributed by atoms with Gasteiger partial charge in [-0.25, -0.2) is 0 Å². The van der Waals surface area contributed by atoms with Gasteiger partial charge in [0.1, 0.15) is 0 Å². The summed E-state index contributed by atoms with van der Waals surface area (Å²) < 4.78 is 39.1. The number of nitrogens with zero attached hydrogens (tertiary/aromatic N) is 5. The van der Waals surface area contributed by atoms with E-state index in [4.69, 9.17) is 0 Å². The summed E-state index contributed by atoms with van der Waals surface area (Å²) in [5, 5.41) is 12.6. The first kappa shape index (κ1) is 20.1. The van der Waals surface area contributed by atoms with E-state index in [-0.39, 0.29) is 6.04 Å². The van der Waals surface area contributed by atoms with Crippen molar-refractivity contribution in [2.45, 2.75) is 32.0 Å². The Morgan fingerprint density at radius 1 is 1.18 bits per heavy atom. The average Bonchev–Trinajstić information content (AvgIpc) is 2.73. The molecule has 0 amide bonds. The van der Waals surface area contributed by atoms with Crippen molar-refractivity contribution in [3.63, 3.8) is 0 Å². The summed E-state index contributed by atoms with van der Waals surface area (Å²) in [5.74, 6) is 0.343. The lowest BCUT2D eigenvalue weighted by Gasteiger charge is -2.31. The van der Waals surface area contributed by atoms with Gasteiger partial charge in [-0.1, -0.05) is 6.07 Å². The van der Waals surface area contributed by atoms with Gasteiger partial charge in [-0.2, -0.15) is 28.2 Å². The van der Waals surface area contributed by atoms with Crippen LogP contribution in [0.1, 0.15) is 24.0 Å². The van der Waals surface area contributed by atoms with Crippen molar-refractivity contribution in [1.82, 2.24) is 25.0 Å². The SMILES string of the molecule is Cc1cc(C(F)(F)F)ccc1-c1nnccccnn1NC1CCCN(C)C1. The second-order valence-corrected chi connectivity index (χ2v) is 6.91. The van der Waals surface area contributed by atoms with Crippen LogP contribution >= 0.6 is 0 Å². The molecule has 1 fully saturated rings. The summed E-state index contributed by atoms with van der Waals surface area (Å²) in [6, 6.07) is 7.11. The summed E-state index contributed by atoms with van der Waals surface area (Å²) in [7, 11) is 2.05. The number of likely N-dealkylation sites (tertiary alicyclic amines) is 1. The molecule has 1 aliphatic rings. The quantitative estimate of drug-likeness (QED) is 0.867. The van der Waals surface area contributed by atoms with Crippen LogP contribution in [-0.2, 0) is 6.18 Å². The molecule has 0 spiro atoms. The third kappa shape index (κ3) is 4.98. The molecule has 3 rings (SSSR count). The summed E-state index contributed by atoms with van der Waals surface area (Å²) in [4.78, 5) is 3.73. The van der Waals surface area contributed by atoms with Crippen LogP contribution in [-0.4, -0.2) is 51.2 Å². The van der Waals surface area contributed by atoms with Crippen LogP contribution in [0.5, 0.6) is 0 Å². The van der Waals surface area contributed by atoms with Gasteiger partial charge in [0.25, 0.3) is 0 Å². The molecule has 150 valence electrons. The highest BCUT2D eigenvalue weighted by atomic mass is 19.4. The van der Waals surface area contributed by atoms with Crippen LogP contribution in [0.4, 0.5) is 13.2 Å². The summed E-state index contributed by atoms with van der Waals surface area (Å²) in [5.41, 5.74) is 3.61. The van der Waals surface area contributed by atoms with Gasteiger partial charge in [0.05, 0.1) is 11.6 Å². The van der Waals surface area contributed by atoms with E-state index in [9.17, 15) is 13.2 Å². The molecule has 0 radical (unpaired) electrons. The highest BCUT2D eigenvalue weighted by molar-refractivity contribution is 5.60. The van der Waals surface area contributed by atoms with Crippen LogP contribution in [0.25, 0.3) is 11.4 Å². The van der Waals surface area contributed by atoms with E-state index in [2.05, 4.69) is 32.7 Å². The first-order valence-electron chi connectivity index (χ1n) is 9.08. The molecule has 1 aromatic heterocycles. The summed E-state index contributed by atoms with van der Waals surface area (Å²) in [6.07, 6.45) is 0.716. The molecular weight excluding hydrogens is 369 g/mol. The van der Waals surface area contributed by atoms with E-state index in [1.165, 1.54) is 17.1 Å². The number of nitrogens with one attached hydrogen (secondary N) is 1. The van der Waals surface area contributed by atoms with E-state index < -0.39 is 11.7 Å². The van der Waals surface area contributed by atoms with Crippen LogP contribution in [0, 0.1) is 6.92 Å². The summed E-state index contributed by atoms with van der Waals surface area (Å²) in [6.45, 7) is 3.50. The fraction of sp³-hybridized carbons (Fsp3) is 0.421. The van der Waals surface area contributed by atoms with Gasteiger partial charge in [0, 0.05) is 24.5 Å². The van der Waals surface area contributed by atoms with Gasteiger partial charge in [0.15, 0.2) is 0 Å². The zero-order chi connectivity index (χ0) is 20.1. The van der Waals surface area contributed by atoms with Crippen LogP contribution < -0.4 is 5.43 Å². The van der Waals surface area contributed by atoms with Crippen molar-refractivity contribution in [1.29, 1.82) is 0 Å². The van der Waals surface area contributed by atoms with E-state index in [1.54, 1.807) is 25.3 Å². The monoisotopic (exact) mass is 392 g/mol. The molecule has 9 heteroatoms. The Balaban J connectivity index is 2.05. The van der Waals surface area contributed by atoms with Crippen LogP contribution in [0.3, 0.4) is 0 Å². The normalized spacial score (nSPS) is 17.8. The lowest BCUT2D eigenvalue weighted by molar-refractivity contribution is -0.137. The largest absolute Gasteiger partial charge is 0.416 e. The maximum Gasteiger partial charge on any atom is 0.416 e. The first-order chi connectivity index (χ1) is 13.3. The number of halogens is 3. The fourth-order valence-electron chi connectivity index (χ4n) is 3.23. The number of hydrogen-bond acceptors (Lipinski definition) is 5. The lowest BCUT2D eigenvalue weighted by Crippen LogP contribution is -2.43. The number of hydrogen-bond donors (Lipinski definition) is 1. The van der Waals surface area contributed by atoms with Gasteiger partial charge >= 0.3 is 6.18 Å². The number of aryl methyl sites for hydroxylation is 1. The predicted octanol–water partition coefficient (Wildman–Crippen LogP) is 3.43. The summed E-state index contributed by atoms with van der Waals surface area (Å²) >= 11 is 0. The van der Waals surface area contributed by atoms with Gasteiger partial charge in [-0.15, -0.1) is 5.10 Å². The molecule has 0 bridgehead atoms. The number of rotatable bonds is 3. The topological polar surface area (TPSA) is 58.9 Å². The molecule has 2 heterocycles. The molecule has 6 nitrogen and oxygen atoms in total. The number of benzene rings is 1. The van der Waals surface area contributed by atoms with Gasteiger partial charge in [-0.05, 0) is 63.2 Å². The second-order valence-electron chi connectivity index (χ2n) is 6.91. The zero-order valence-electron chi connectivity index (χ0n) is 15.8. The number of aromatic nitrogens is 4. The molecule has 1 unspecified atom stereocenters. The van der Waals surface area contributed by atoms with Crippen LogP contribution in [0.15, 0.2) is 42.7 Å². The van der Waals surface area contributed by atoms with Crippen molar-refractivity contribution in [3.05, 3.63) is 53.9 Å². The molecule has 1 aromatic carbocycles. The second kappa shape index (κ2) is 8.55. The fourth-order valence-corrected chi connectivity index (χ4v) is 3.23. The lowest BCUT2D eigenvalue weighted by atomic mass is 10.0. The molecule has 1 saturated heterocycles. The number of piperidine rings is 1. The molecule has 0 saturated carbocycles. The van der Waals surface area contributed by atoms with Gasteiger partial charge < -0.3 is 10.3 Å². The molecule has 0 aliphatic carbocycles. The molecular formula is C19H23F3N6. The van der Waals surface area contributed by atoms with E-state index in [1.807, 2.05) is 0 Å². The maximum atomic E-state index is 13.0. The highest BCUT2D eigenvalue weighted by Crippen LogP contribution is 2.32. The molecule has 1 atom stereocenters. The minimum absolute atomic E-state index is 0.143. The Morgan fingerprint density at radius 2 is 1.96 bits per heavy atom. The Morgan fingerprint density at radius 3 is 2.68 bits per heavy atom. The smallest absolute Gasteiger partial charge is 0.304 e. The van der Waals surface area contributed by atoms with Crippen molar-refractivity contribution < 1.29 is 13.2 Å². The third-order valence-corrected chi connectivity index (χ3v) is 4.61. The zero-order valence-corrected chi connectivity index (χ0v) is 15.8. The van der Waals surface area contributed by atoms with Crippen molar-refractivity contribution in [2.24, 2.45) is 0 Å². The van der Waals surface area contributed by atoms with E-state index in [0.717, 1.165) is 38.1 Å². The Bertz CT molecular complexity index is 863. The number of alkyl halides is 3. The molecule has 28 heavy (non-hydrogen) atoms. The maximum absolute atomic E-state index is 13.0. The third-order valence-electron chi connectivity index (χ3n) is 4.61. The first-order valence-corrected chi connectivity index (χ1v) is 9.08.